The van der Waals surface area contributed by atoms with Gasteiger partial charge >= 0.3 is 0 Å². The SMILES string of the molecule is Clc1ncncc1-c1ccco1. The molecule has 0 radical (unpaired) electrons. The minimum atomic E-state index is 0.403. The molecule has 0 atom stereocenters. The number of furan rings is 1. The molecule has 0 bridgehead atoms. The van der Waals surface area contributed by atoms with Crippen LogP contribution in [0.5, 0.6) is 0 Å². The largest absolute Gasteiger partial charge is 0.464 e. The van der Waals surface area contributed by atoms with Gasteiger partial charge in [-0.3, -0.25) is 0 Å². The molecule has 2 rings (SSSR count). The van der Waals surface area contributed by atoms with E-state index in [0.29, 0.717) is 16.5 Å². The Morgan fingerprint density at radius 2 is 2.33 bits per heavy atom. The Bertz CT molecular complexity index is 372. The first-order valence-corrected chi connectivity index (χ1v) is 3.75. The van der Waals surface area contributed by atoms with Gasteiger partial charge in [0.2, 0.25) is 0 Å². The third kappa shape index (κ3) is 1.19. The summed E-state index contributed by atoms with van der Waals surface area (Å²) < 4.78 is 5.14. The molecule has 0 fully saturated rings. The van der Waals surface area contributed by atoms with Gasteiger partial charge in [0.15, 0.2) is 0 Å². The van der Waals surface area contributed by atoms with Crippen LogP contribution in [-0.4, -0.2) is 9.97 Å². The molecule has 4 heteroatoms. The van der Waals surface area contributed by atoms with Crippen molar-refractivity contribution < 1.29 is 4.42 Å². The van der Waals surface area contributed by atoms with Crippen LogP contribution in [0.15, 0.2) is 35.3 Å². The predicted molar refractivity (Wildman–Crippen MR) is 44.7 cm³/mol. The van der Waals surface area contributed by atoms with Gasteiger partial charge in [-0.15, -0.1) is 0 Å². The van der Waals surface area contributed by atoms with Crippen molar-refractivity contribution in [3.63, 3.8) is 0 Å². The van der Waals surface area contributed by atoms with Crippen LogP contribution in [0, 0.1) is 0 Å². The van der Waals surface area contributed by atoms with Crippen LogP contribution in [0.1, 0.15) is 0 Å². The van der Waals surface area contributed by atoms with E-state index >= 15 is 0 Å². The Morgan fingerprint density at radius 1 is 1.42 bits per heavy atom. The Hall–Kier alpha value is -1.35. The lowest BCUT2D eigenvalue weighted by atomic mass is 10.3. The lowest BCUT2D eigenvalue weighted by molar-refractivity contribution is 0.582. The van der Waals surface area contributed by atoms with Crippen LogP contribution in [0.2, 0.25) is 5.15 Å². The highest BCUT2D eigenvalue weighted by atomic mass is 35.5. The summed E-state index contributed by atoms with van der Waals surface area (Å²) in [6.45, 7) is 0. The van der Waals surface area contributed by atoms with Crippen molar-refractivity contribution in [2.75, 3.05) is 0 Å². The maximum Gasteiger partial charge on any atom is 0.143 e. The topological polar surface area (TPSA) is 38.9 Å². The van der Waals surface area contributed by atoms with Crippen molar-refractivity contribution in [2.45, 2.75) is 0 Å². The summed E-state index contributed by atoms with van der Waals surface area (Å²) in [6.07, 6.45) is 4.60. The van der Waals surface area contributed by atoms with E-state index in [-0.39, 0.29) is 0 Å². The quantitative estimate of drug-likeness (QED) is 0.633. The molecule has 0 aliphatic heterocycles. The van der Waals surface area contributed by atoms with Crippen LogP contribution in [-0.2, 0) is 0 Å². The van der Waals surface area contributed by atoms with Crippen molar-refractivity contribution in [1.82, 2.24) is 9.97 Å². The van der Waals surface area contributed by atoms with Crippen LogP contribution in [0.25, 0.3) is 11.3 Å². The Labute approximate surface area is 74.0 Å². The molecule has 0 saturated heterocycles. The van der Waals surface area contributed by atoms with E-state index < -0.39 is 0 Å². The summed E-state index contributed by atoms with van der Waals surface area (Å²) in [6, 6.07) is 3.60. The number of hydrogen-bond acceptors (Lipinski definition) is 3. The number of aromatic nitrogens is 2. The summed E-state index contributed by atoms with van der Waals surface area (Å²) in [5, 5.41) is 0.403. The maximum absolute atomic E-state index is 5.80. The highest BCUT2D eigenvalue weighted by Crippen LogP contribution is 2.24. The lowest BCUT2D eigenvalue weighted by Gasteiger charge is -1.96. The normalized spacial score (nSPS) is 10.1. The van der Waals surface area contributed by atoms with E-state index in [4.69, 9.17) is 16.0 Å². The third-order valence-electron chi connectivity index (χ3n) is 1.45. The van der Waals surface area contributed by atoms with E-state index in [1.807, 2.05) is 6.07 Å². The summed E-state index contributed by atoms with van der Waals surface area (Å²) >= 11 is 5.80. The van der Waals surface area contributed by atoms with Gasteiger partial charge in [0.1, 0.15) is 17.2 Å². The highest BCUT2D eigenvalue weighted by molar-refractivity contribution is 6.31. The van der Waals surface area contributed by atoms with Crippen molar-refractivity contribution in [3.05, 3.63) is 36.1 Å². The van der Waals surface area contributed by atoms with Crippen LogP contribution >= 0.6 is 11.6 Å². The van der Waals surface area contributed by atoms with Gasteiger partial charge in [-0.2, -0.15) is 0 Å². The number of hydrogen-bond donors (Lipinski definition) is 0. The first-order chi connectivity index (χ1) is 5.88. The van der Waals surface area contributed by atoms with Gasteiger partial charge in [0, 0.05) is 6.20 Å². The van der Waals surface area contributed by atoms with E-state index in [1.165, 1.54) is 6.33 Å². The van der Waals surface area contributed by atoms with Gasteiger partial charge < -0.3 is 4.42 Å². The van der Waals surface area contributed by atoms with Crippen molar-refractivity contribution in [3.8, 4) is 11.3 Å². The van der Waals surface area contributed by atoms with E-state index in [0.717, 1.165) is 0 Å². The second kappa shape index (κ2) is 2.95. The highest BCUT2D eigenvalue weighted by Gasteiger charge is 2.05. The summed E-state index contributed by atoms with van der Waals surface area (Å²) in [5.74, 6) is 0.681. The Balaban J connectivity index is 2.55. The number of nitrogens with zero attached hydrogens (tertiary/aromatic N) is 2. The molecule has 12 heavy (non-hydrogen) atoms. The number of halogens is 1. The first-order valence-electron chi connectivity index (χ1n) is 3.37. The lowest BCUT2D eigenvalue weighted by Crippen LogP contribution is -1.82. The van der Waals surface area contributed by atoms with E-state index in [9.17, 15) is 0 Å². The third-order valence-corrected chi connectivity index (χ3v) is 1.75. The monoisotopic (exact) mass is 180 g/mol. The molecule has 60 valence electrons. The van der Waals surface area contributed by atoms with Crippen molar-refractivity contribution >= 4 is 11.6 Å². The standard InChI is InChI=1S/C8H5ClN2O/c9-8-6(4-10-5-11-8)7-2-1-3-12-7/h1-5H. The molecule has 2 heterocycles. The molecule has 2 aromatic rings. The van der Waals surface area contributed by atoms with Crippen molar-refractivity contribution in [2.24, 2.45) is 0 Å². The number of rotatable bonds is 1. The smallest absolute Gasteiger partial charge is 0.143 e. The first kappa shape index (κ1) is 7.31. The molecule has 0 amide bonds. The summed E-state index contributed by atoms with van der Waals surface area (Å²) in [5.41, 5.74) is 0.712. The molecular formula is C8H5ClN2O. The van der Waals surface area contributed by atoms with Gasteiger partial charge in [0.05, 0.1) is 11.8 Å². The molecule has 0 N–H and O–H groups in total. The van der Waals surface area contributed by atoms with Gasteiger partial charge in [-0.1, -0.05) is 11.6 Å². The van der Waals surface area contributed by atoms with E-state index in [2.05, 4.69) is 9.97 Å². The van der Waals surface area contributed by atoms with Gasteiger partial charge in [-0.05, 0) is 12.1 Å². The average Bonchev–Trinajstić information content (AvgIpc) is 2.57. The second-order valence-corrected chi connectivity index (χ2v) is 2.56. The van der Waals surface area contributed by atoms with Crippen LogP contribution in [0.4, 0.5) is 0 Å². The van der Waals surface area contributed by atoms with Crippen LogP contribution < -0.4 is 0 Å². The molecule has 3 nitrogen and oxygen atoms in total. The second-order valence-electron chi connectivity index (χ2n) is 2.20. The molecule has 2 aromatic heterocycles. The van der Waals surface area contributed by atoms with E-state index in [1.54, 1.807) is 18.5 Å². The Kier molecular flexibility index (Phi) is 1.80. The van der Waals surface area contributed by atoms with Gasteiger partial charge in [0.25, 0.3) is 0 Å². The molecule has 0 aromatic carbocycles. The molecule has 0 aliphatic rings. The fourth-order valence-electron chi connectivity index (χ4n) is 0.912. The fourth-order valence-corrected chi connectivity index (χ4v) is 1.10. The minimum Gasteiger partial charge on any atom is -0.464 e. The molecule has 0 aliphatic carbocycles. The maximum atomic E-state index is 5.80. The zero-order valence-corrected chi connectivity index (χ0v) is 6.82. The van der Waals surface area contributed by atoms with Crippen LogP contribution in [0.3, 0.4) is 0 Å². The minimum absolute atomic E-state index is 0.403. The fraction of sp³-hybridized carbons (Fsp3) is 0. The average molecular weight is 181 g/mol. The molecular weight excluding hydrogens is 176 g/mol. The molecule has 0 spiro atoms. The predicted octanol–water partition coefficient (Wildman–Crippen LogP) is 2.39. The molecule has 0 unspecified atom stereocenters. The summed E-state index contributed by atoms with van der Waals surface area (Å²) in [7, 11) is 0. The summed E-state index contributed by atoms with van der Waals surface area (Å²) in [4.78, 5) is 7.68. The van der Waals surface area contributed by atoms with Crippen molar-refractivity contribution in [1.29, 1.82) is 0 Å². The zero-order chi connectivity index (χ0) is 8.39. The Morgan fingerprint density at radius 3 is 3.00 bits per heavy atom. The van der Waals surface area contributed by atoms with Gasteiger partial charge in [-0.25, -0.2) is 9.97 Å². The molecule has 0 saturated carbocycles. The zero-order valence-electron chi connectivity index (χ0n) is 6.07.